The van der Waals surface area contributed by atoms with E-state index in [1.165, 1.54) is 347 Å². The van der Waals surface area contributed by atoms with Gasteiger partial charge < -0.3 is 14.2 Å². The normalized spacial score (nSPS) is 12.0. The van der Waals surface area contributed by atoms with Crippen molar-refractivity contribution in [1.29, 1.82) is 0 Å². The van der Waals surface area contributed by atoms with Crippen LogP contribution in [0, 0.1) is 0 Å². The van der Waals surface area contributed by atoms with Gasteiger partial charge in [-0.1, -0.05) is 392 Å². The first-order chi connectivity index (χ1) is 41.0. The van der Waals surface area contributed by atoms with E-state index >= 15 is 0 Å². The minimum atomic E-state index is -0.768. The Balaban J connectivity index is 4.23. The van der Waals surface area contributed by atoms with E-state index in [0.717, 1.165) is 57.8 Å². The molecule has 0 fully saturated rings. The van der Waals surface area contributed by atoms with E-state index in [1.54, 1.807) is 0 Å². The Kier molecular flexibility index (Phi) is 71.0. The smallest absolute Gasteiger partial charge is 0.306 e. The van der Waals surface area contributed by atoms with Crippen molar-refractivity contribution >= 4 is 17.9 Å². The highest BCUT2D eigenvalue weighted by molar-refractivity contribution is 5.71. The van der Waals surface area contributed by atoms with Crippen LogP contribution in [0.25, 0.3) is 0 Å². The van der Waals surface area contributed by atoms with Gasteiger partial charge in [-0.3, -0.25) is 14.4 Å². The number of rotatable bonds is 72. The SMILES string of the molecule is CCCCCCCC/C=C\CCCCCCCCCCCC(=O)OC(COC(=O)CCCCCCCCCCCCCCCCCCCCC)COC(=O)CCCCCCCCCCCCCCCCCCCCCCCCCCCCC. The van der Waals surface area contributed by atoms with E-state index in [1.807, 2.05) is 0 Å². The Morgan fingerprint density at radius 3 is 0.602 bits per heavy atom. The molecule has 0 radical (unpaired) electrons. The summed E-state index contributed by atoms with van der Waals surface area (Å²) in [5.74, 6) is -0.824. The fourth-order valence-corrected chi connectivity index (χ4v) is 12.0. The van der Waals surface area contributed by atoms with Gasteiger partial charge in [0.1, 0.15) is 13.2 Å². The molecule has 0 aliphatic rings. The summed E-state index contributed by atoms with van der Waals surface area (Å²) < 4.78 is 17.1. The summed E-state index contributed by atoms with van der Waals surface area (Å²) in [5, 5.41) is 0. The topological polar surface area (TPSA) is 78.9 Å². The van der Waals surface area contributed by atoms with Gasteiger partial charge in [-0.15, -0.1) is 0 Å². The number of carbonyl (C=O) groups excluding carboxylic acids is 3. The van der Waals surface area contributed by atoms with E-state index in [2.05, 4.69) is 32.9 Å². The molecule has 0 aliphatic heterocycles. The number of esters is 3. The number of allylic oxidation sites excluding steroid dienone is 2. The zero-order valence-corrected chi connectivity index (χ0v) is 56.8. The second-order valence-electron chi connectivity index (χ2n) is 26.3. The quantitative estimate of drug-likeness (QED) is 0.0261. The van der Waals surface area contributed by atoms with Gasteiger partial charge in [-0.2, -0.15) is 0 Å². The average Bonchev–Trinajstić information content (AvgIpc) is 3.50. The minimum absolute atomic E-state index is 0.0634. The molecule has 0 N–H and O–H groups in total. The molecule has 0 saturated carbocycles. The highest BCUT2D eigenvalue weighted by atomic mass is 16.6. The maximum Gasteiger partial charge on any atom is 0.306 e. The monoisotopic (exact) mass is 1170 g/mol. The van der Waals surface area contributed by atoms with E-state index in [9.17, 15) is 14.4 Å². The largest absolute Gasteiger partial charge is 0.462 e. The van der Waals surface area contributed by atoms with Crippen LogP contribution in [0.4, 0.5) is 0 Å². The van der Waals surface area contributed by atoms with Gasteiger partial charge in [0, 0.05) is 19.3 Å². The van der Waals surface area contributed by atoms with Crippen LogP contribution in [0.2, 0.25) is 0 Å². The molecule has 0 aromatic carbocycles. The molecular formula is C77H148O6. The first-order valence-corrected chi connectivity index (χ1v) is 38.2. The third-order valence-corrected chi connectivity index (χ3v) is 17.8. The maximum absolute atomic E-state index is 13.0. The van der Waals surface area contributed by atoms with Crippen molar-refractivity contribution in [2.24, 2.45) is 0 Å². The third-order valence-electron chi connectivity index (χ3n) is 17.8. The fraction of sp³-hybridized carbons (Fsp3) is 0.935. The maximum atomic E-state index is 13.0. The van der Waals surface area contributed by atoms with Crippen molar-refractivity contribution in [3.63, 3.8) is 0 Å². The number of ether oxygens (including phenoxy) is 3. The van der Waals surface area contributed by atoms with Crippen molar-refractivity contribution in [1.82, 2.24) is 0 Å². The molecular weight excluding hydrogens is 1020 g/mol. The van der Waals surface area contributed by atoms with E-state index < -0.39 is 6.10 Å². The Hall–Kier alpha value is -1.85. The number of unbranched alkanes of at least 4 members (excludes halogenated alkanes) is 59. The van der Waals surface area contributed by atoms with Gasteiger partial charge in [0.2, 0.25) is 0 Å². The molecule has 0 saturated heterocycles. The van der Waals surface area contributed by atoms with Crippen molar-refractivity contribution in [3.05, 3.63) is 12.2 Å². The van der Waals surface area contributed by atoms with Gasteiger partial charge >= 0.3 is 17.9 Å². The molecule has 0 aliphatic carbocycles. The van der Waals surface area contributed by atoms with Gasteiger partial charge in [-0.05, 0) is 44.9 Å². The summed E-state index contributed by atoms with van der Waals surface area (Å²) in [6, 6.07) is 0. The molecule has 0 amide bonds. The fourth-order valence-electron chi connectivity index (χ4n) is 12.0. The lowest BCUT2D eigenvalue weighted by molar-refractivity contribution is -0.167. The highest BCUT2D eigenvalue weighted by Gasteiger charge is 2.20. The summed E-state index contributed by atoms with van der Waals surface area (Å²) in [4.78, 5) is 38.6. The molecule has 0 spiro atoms. The van der Waals surface area contributed by atoms with E-state index in [0.29, 0.717) is 19.3 Å². The lowest BCUT2D eigenvalue weighted by Gasteiger charge is -2.18. The van der Waals surface area contributed by atoms with E-state index in [4.69, 9.17) is 14.2 Å². The predicted molar refractivity (Wildman–Crippen MR) is 363 cm³/mol. The lowest BCUT2D eigenvalue weighted by atomic mass is 10.0. The number of hydrogen-bond acceptors (Lipinski definition) is 6. The van der Waals surface area contributed by atoms with Crippen molar-refractivity contribution in [2.45, 2.75) is 451 Å². The standard InChI is InChI=1S/C77H148O6/c1-4-7-10-13-16-19-22-25-28-31-34-35-36-37-38-39-40-41-44-46-49-52-55-58-61-64-67-70-76(79)82-73-74(83-77(80)71-68-65-62-59-56-53-50-47-43-33-30-27-24-21-18-15-12-9-6-3)72-81-75(78)69-66-63-60-57-54-51-48-45-42-32-29-26-23-20-17-14-11-8-5-2/h27,30,74H,4-26,28-29,31-73H2,1-3H3/b30-27-. The molecule has 0 aromatic heterocycles. The second-order valence-corrected chi connectivity index (χ2v) is 26.3. The molecule has 6 nitrogen and oxygen atoms in total. The second kappa shape index (κ2) is 72.6. The van der Waals surface area contributed by atoms with Crippen molar-refractivity contribution < 1.29 is 28.6 Å². The molecule has 492 valence electrons. The Morgan fingerprint density at radius 1 is 0.229 bits per heavy atom. The molecule has 83 heavy (non-hydrogen) atoms. The summed E-state index contributed by atoms with van der Waals surface area (Å²) in [6.45, 7) is 6.74. The van der Waals surface area contributed by atoms with Crippen LogP contribution >= 0.6 is 0 Å². The molecule has 0 bridgehead atoms. The predicted octanol–water partition coefficient (Wildman–Crippen LogP) is 26.3. The first-order valence-electron chi connectivity index (χ1n) is 38.2. The zero-order chi connectivity index (χ0) is 59.9. The number of carbonyl (C=O) groups is 3. The van der Waals surface area contributed by atoms with Crippen LogP contribution in [0.15, 0.2) is 12.2 Å². The summed E-state index contributed by atoms with van der Waals surface area (Å²) in [7, 11) is 0. The van der Waals surface area contributed by atoms with Crippen molar-refractivity contribution in [3.8, 4) is 0 Å². The number of hydrogen-bond donors (Lipinski definition) is 0. The first kappa shape index (κ1) is 81.2. The minimum Gasteiger partial charge on any atom is -0.462 e. The Bertz CT molecular complexity index is 1300. The zero-order valence-electron chi connectivity index (χ0n) is 56.8. The summed E-state index contributed by atoms with van der Waals surface area (Å²) in [6.07, 6.45) is 88.3. The molecule has 0 heterocycles. The highest BCUT2D eigenvalue weighted by Crippen LogP contribution is 2.20. The van der Waals surface area contributed by atoms with Gasteiger partial charge in [-0.25, -0.2) is 0 Å². The molecule has 0 aromatic rings. The molecule has 1 unspecified atom stereocenters. The Labute approximate surface area is 520 Å². The average molecular weight is 1170 g/mol. The van der Waals surface area contributed by atoms with Crippen LogP contribution in [0.5, 0.6) is 0 Å². The van der Waals surface area contributed by atoms with Crippen LogP contribution < -0.4 is 0 Å². The van der Waals surface area contributed by atoms with Crippen LogP contribution in [-0.4, -0.2) is 37.2 Å². The van der Waals surface area contributed by atoms with E-state index in [-0.39, 0.29) is 31.1 Å². The summed E-state index contributed by atoms with van der Waals surface area (Å²) in [5.41, 5.74) is 0. The van der Waals surface area contributed by atoms with Crippen LogP contribution in [0.3, 0.4) is 0 Å². The molecule has 1 atom stereocenters. The van der Waals surface area contributed by atoms with Gasteiger partial charge in [0.05, 0.1) is 0 Å². The van der Waals surface area contributed by atoms with Gasteiger partial charge in [0.25, 0.3) is 0 Å². The van der Waals surface area contributed by atoms with Crippen molar-refractivity contribution in [2.75, 3.05) is 13.2 Å². The van der Waals surface area contributed by atoms with Crippen LogP contribution in [-0.2, 0) is 28.6 Å². The summed E-state index contributed by atoms with van der Waals surface area (Å²) >= 11 is 0. The lowest BCUT2D eigenvalue weighted by Crippen LogP contribution is -2.30. The van der Waals surface area contributed by atoms with Crippen LogP contribution in [0.1, 0.15) is 445 Å². The molecule has 0 rings (SSSR count). The third kappa shape index (κ3) is 70.8. The molecule has 6 heteroatoms. The van der Waals surface area contributed by atoms with Gasteiger partial charge in [0.15, 0.2) is 6.10 Å². The Morgan fingerprint density at radius 2 is 0.398 bits per heavy atom.